The van der Waals surface area contributed by atoms with Gasteiger partial charge in [0.05, 0.1) is 19.0 Å². The number of thioether (sulfide) groups is 1. The van der Waals surface area contributed by atoms with E-state index in [9.17, 15) is 4.79 Å². The number of ether oxygens (including phenoxy) is 1. The molecule has 5 nitrogen and oxygen atoms in total. The summed E-state index contributed by atoms with van der Waals surface area (Å²) < 4.78 is 6.20. The second-order valence-corrected chi connectivity index (χ2v) is 7.55. The van der Waals surface area contributed by atoms with Crippen molar-refractivity contribution >= 4 is 45.6 Å². The lowest BCUT2D eigenvalue weighted by Crippen LogP contribution is -2.36. The smallest absolute Gasteiger partial charge is 0.234 e. The SMILES string of the molecule is O=C(CSC(=S)N1CCCC1)Nc1ccc(N2CCOCC2)cc1. The number of nitrogens with one attached hydrogen (secondary N) is 1. The zero-order valence-corrected chi connectivity index (χ0v) is 15.3. The zero-order chi connectivity index (χ0) is 16.8. The lowest BCUT2D eigenvalue weighted by atomic mass is 10.2. The molecular weight excluding hydrogens is 342 g/mol. The highest BCUT2D eigenvalue weighted by molar-refractivity contribution is 8.23. The Balaban J connectivity index is 1.44. The van der Waals surface area contributed by atoms with Gasteiger partial charge >= 0.3 is 0 Å². The molecule has 2 aliphatic heterocycles. The quantitative estimate of drug-likeness (QED) is 0.828. The van der Waals surface area contributed by atoms with Crippen molar-refractivity contribution in [2.75, 3.05) is 55.4 Å². The van der Waals surface area contributed by atoms with E-state index in [4.69, 9.17) is 17.0 Å². The van der Waals surface area contributed by atoms with E-state index in [0.29, 0.717) is 5.75 Å². The summed E-state index contributed by atoms with van der Waals surface area (Å²) in [7, 11) is 0. The Morgan fingerprint density at radius 1 is 1.12 bits per heavy atom. The number of amides is 1. The van der Waals surface area contributed by atoms with E-state index in [-0.39, 0.29) is 5.91 Å². The predicted molar refractivity (Wildman–Crippen MR) is 104 cm³/mol. The van der Waals surface area contributed by atoms with Crippen LogP contribution in [0.25, 0.3) is 0 Å². The Bertz CT molecular complexity index is 568. The van der Waals surface area contributed by atoms with E-state index in [1.165, 1.54) is 30.3 Å². The Hall–Kier alpha value is -1.31. The van der Waals surface area contributed by atoms with Crippen LogP contribution in [0.4, 0.5) is 11.4 Å². The van der Waals surface area contributed by atoms with Crippen LogP contribution in [0.1, 0.15) is 12.8 Å². The zero-order valence-electron chi connectivity index (χ0n) is 13.7. The highest BCUT2D eigenvalue weighted by Crippen LogP contribution is 2.20. The second kappa shape index (κ2) is 8.69. The van der Waals surface area contributed by atoms with Gasteiger partial charge in [-0.1, -0.05) is 24.0 Å². The van der Waals surface area contributed by atoms with Crippen LogP contribution in [-0.2, 0) is 9.53 Å². The molecule has 130 valence electrons. The number of carbonyl (C=O) groups excluding carboxylic acids is 1. The molecule has 0 saturated carbocycles. The molecule has 0 spiro atoms. The van der Waals surface area contributed by atoms with Gasteiger partial charge in [0.25, 0.3) is 0 Å². The third-order valence-electron chi connectivity index (χ3n) is 4.22. The molecule has 2 saturated heterocycles. The predicted octanol–water partition coefficient (Wildman–Crippen LogP) is 2.58. The molecule has 1 aromatic rings. The highest BCUT2D eigenvalue weighted by atomic mass is 32.2. The van der Waals surface area contributed by atoms with Crippen molar-refractivity contribution in [2.45, 2.75) is 12.8 Å². The molecule has 0 radical (unpaired) electrons. The van der Waals surface area contributed by atoms with Crippen molar-refractivity contribution in [1.29, 1.82) is 0 Å². The minimum Gasteiger partial charge on any atom is -0.378 e. The van der Waals surface area contributed by atoms with Crippen LogP contribution < -0.4 is 10.2 Å². The second-order valence-electron chi connectivity index (χ2n) is 5.94. The first-order valence-electron chi connectivity index (χ1n) is 8.37. The number of hydrogen-bond acceptors (Lipinski definition) is 5. The lowest BCUT2D eigenvalue weighted by Gasteiger charge is -2.28. The summed E-state index contributed by atoms with van der Waals surface area (Å²) in [6.45, 7) is 5.42. The van der Waals surface area contributed by atoms with Crippen molar-refractivity contribution < 1.29 is 9.53 Å². The number of hydrogen-bond donors (Lipinski definition) is 1. The molecular formula is C17H23N3O2S2. The number of nitrogens with zero attached hydrogens (tertiary/aromatic N) is 2. The van der Waals surface area contributed by atoms with Crippen LogP contribution in [0.3, 0.4) is 0 Å². The molecule has 1 aromatic carbocycles. The molecule has 24 heavy (non-hydrogen) atoms. The largest absolute Gasteiger partial charge is 0.378 e. The molecule has 0 unspecified atom stereocenters. The molecule has 0 aromatic heterocycles. The monoisotopic (exact) mass is 365 g/mol. The number of thiocarbonyl (C=S) groups is 1. The average Bonchev–Trinajstić information content (AvgIpc) is 3.16. The number of carbonyl (C=O) groups is 1. The maximum Gasteiger partial charge on any atom is 0.234 e. The van der Waals surface area contributed by atoms with Crippen LogP contribution in [0.2, 0.25) is 0 Å². The van der Waals surface area contributed by atoms with E-state index in [2.05, 4.69) is 15.1 Å². The first kappa shape index (κ1) is 17.5. The third kappa shape index (κ3) is 4.84. The number of rotatable bonds is 4. The van der Waals surface area contributed by atoms with E-state index in [0.717, 1.165) is 49.4 Å². The normalized spacial score (nSPS) is 17.8. The maximum atomic E-state index is 12.1. The summed E-state index contributed by atoms with van der Waals surface area (Å²) in [5.74, 6) is 0.348. The van der Waals surface area contributed by atoms with Crippen LogP contribution >= 0.6 is 24.0 Å². The van der Waals surface area contributed by atoms with Gasteiger partial charge in [0, 0.05) is 37.6 Å². The molecule has 3 rings (SSSR count). The maximum absolute atomic E-state index is 12.1. The first-order valence-corrected chi connectivity index (χ1v) is 9.76. The summed E-state index contributed by atoms with van der Waals surface area (Å²) in [5, 5.41) is 2.94. The molecule has 0 bridgehead atoms. The van der Waals surface area contributed by atoms with E-state index >= 15 is 0 Å². The number of morpholine rings is 1. The fourth-order valence-corrected chi connectivity index (χ4v) is 3.94. The van der Waals surface area contributed by atoms with E-state index in [1.807, 2.05) is 24.3 Å². The number of likely N-dealkylation sites (tertiary alicyclic amines) is 1. The number of anilines is 2. The van der Waals surface area contributed by atoms with Gasteiger partial charge in [-0.25, -0.2) is 0 Å². The molecule has 7 heteroatoms. The Morgan fingerprint density at radius 2 is 1.79 bits per heavy atom. The summed E-state index contributed by atoms with van der Waals surface area (Å²) in [4.78, 5) is 16.6. The minimum atomic E-state index is -0.0133. The molecule has 1 amide bonds. The van der Waals surface area contributed by atoms with Crippen LogP contribution in [0.15, 0.2) is 24.3 Å². The van der Waals surface area contributed by atoms with E-state index < -0.39 is 0 Å². The van der Waals surface area contributed by atoms with Crippen LogP contribution in [0, 0.1) is 0 Å². The molecule has 2 fully saturated rings. The summed E-state index contributed by atoms with van der Waals surface area (Å²) in [5.41, 5.74) is 1.99. The van der Waals surface area contributed by atoms with Gasteiger partial charge in [-0.3, -0.25) is 4.79 Å². The van der Waals surface area contributed by atoms with Crippen molar-refractivity contribution in [3.8, 4) is 0 Å². The van der Waals surface area contributed by atoms with Crippen molar-refractivity contribution in [3.63, 3.8) is 0 Å². The van der Waals surface area contributed by atoms with Crippen LogP contribution in [0.5, 0.6) is 0 Å². The fourth-order valence-electron chi connectivity index (χ4n) is 2.89. The summed E-state index contributed by atoms with van der Waals surface area (Å²) >= 11 is 6.83. The van der Waals surface area contributed by atoms with Gasteiger partial charge in [-0.15, -0.1) is 0 Å². The van der Waals surface area contributed by atoms with Gasteiger partial charge in [0.2, 0.25) is 5.91 Å². The van der Waals surface area contributed by atoms with Crippen LogP contribution in [-0.4, -0.2) is 60.3 Å². The summed E-state index contributed by atoms with van der Waals surface area (Å²) in [6, 6.07) is 7.99. The van der Waals surface area contributed by atoms with Gasteiger partial charge in [-0.05, 0) is 37.1 Å². The molecule has 0 atom stereocenters. The van der Waals surface area contributed by atoms with Gasteiger partial charge < -0.3 is 19.9 Å². The minimum absolute atomic E-state index is 0.0133. The van der Waals surface area contributed by atoms with Gasteiger partial charge in [0.1, 0.15) is 4.32 Å². The molecule has 1 N–H and O–H groups in total. The highest BCUT2D eigenvalue weighted by Gasteiger charge is 2.16. The topological polar surface area (TPSA) is 44.8 Å². The Labute approximate surface area is 152 Å². The Morgan fingerprint density at radius 3 is 2.46 bits per heavy atom. The number of benzene rings is 1. The fraction of sp³-hybridized carbons (Fsp3) is 0.529. The molecule has 2 heterocycles. The molecule has 0 aliphatic carbocycles. The van der Waals surface area contributed by atoms with E-state index in [1.54, 1.807) is 0 Å². The molecule has 2 aliphatic rings. The third-order valence-corrected chi connectivity index (χ3v) is 5.74. The van der Waals surface area contributed by atoms with Crippen molar-refractivity contribution in [1.82, 2.24) is 4.90 Å². The van der Waals surface area contributed by atoms with Gasteiger partial charge in [-0.2, -0.15) is 0 Å². The van der Waals surface area contributed by atoms with Gasteiger partial charge in [0.15, 0.2) is 0 Å². The standard InChI is InChI=1S/C17H23N3O2S2/c21-16(13-24-17(23)20-7-1-2-8-20)18-14-3-5-15(6-4-14)19-9-11-22-12-10-19/h3-6H,1-2,7-13H2,(H,18,21). The lowest BCUT2D eigenvalue weighted by molar-refractivity contribution is -0.113. The van der Waals surface area contributed by atoms with Crippen molar-refractivity contribution in [3.05, 3.63) is 24.3 Å². The first-order chi connectivity index (χ1) is 11.7. The summed E-state index contributed by atoms with van der Waals surface area (Å²) in [6.07, 6.45) is 2.39. The average molecular weight is 366 g/mol. The Kier molecular flexibility index (Phi) is 6.34. The van der Waals surface area contributed by atoms with Crippen molar-refractivity contribution in [2.24, 2.45) is 0 Å².